The van der Waals surface area contributed by atoms with E-state index >= 15 is 0 Å². The third kappa shape index (κ3) is 1.09. The Morgan fingerprint density at radius 1 is 1.45 bits per heavy atom. The third-order valence-corrected chi connectivity index (χ3v) is 3.53. The summed E-state index contributed by atoms with van der Waals surface area (Å²) in [5.41, 5.74) is 0.276. The lowest BCUT2D eigenvalue weighted by Crippen LogP contribution is -2.36. The first-order valence-corrected chi connectivity index (χ1v) is 4.69. The Bertz CT molecular complexity index is 148. The van der Waals surface area contributed by atoms with Crippen molar-refractivity contribution in [3.63, 3.8) is 0 Å². The molecule has 2 aliphatic rings. The molecule has 0 aromatic rings. The van der Waals surface area contributed by atoms with Crippen LogP contribution in [-0.4, -0.2) is 24.8 Å². The van der Waals surface area contributed by atoms with Crippen LogP contribution in [0.15, 0.2) is 0 Å². The lowest BCUT2D eigenvalue weighted by Gasteiger charge is -2.36. The molecule has 64 valence electrons. The fourth-order valence-electron chi connectivity index (χ4n) is 2.69. The van der Waals surface area contributed by atoms with Gasteiger partial charge in [0.05, 0.1) is 6.61 Å². The van der Waals surface area contributed by atoms with Crippen LogP contribution in [0.3, 0.4) is 0 Å². The van der Waals surface area contributed by atoms with Gasteiger partial charge in [-0.1, -0.05) is 12.8 Å². The van der Waals surface area contributed by atoms with E-state index in [0.717, 1.165) is 19.0 Å². The highest BCUT2D eigenvalue weighted by Gasteiger charge is 2.43. The molecule has 0 aromatic heterocycles. The summed E-state index contributed by atoms with van der Waals surface area (Å²) in [6.45, 7) is 2.58. The van der Waals surface area contributed by atoms with Crippen LogP contribution in [0.25, 0.3) is 0 Å². The Labute approximate surface area is 68.0 Å². The molecule has 0 aromatic carbocycles. The molecule has 0 spiro atoms. The number of hydrogen-bond acceptors (Lipinski definition) is 2. The monoisotopic (exact) mass is 155 g/mol. The van der Waals surface area contributed by atoms with Crippen LogP contribution in [0.4, 0.5) is 0 Å². The summed E-state index contributed by atoms with van der Waals surface area (Å²) in [6, 6.07) is 0. The standard InChI is InChI=1S/C9H17NO/c11-7-9-4-2-1-3-8(9)5-10-6-9/h8,10-11H,1-7H2/t8-,9-/m0/s1. The van der Waals surface area contributed by atoms with E-state index in [-0.39, 0.29) is 5.41 Å². The van der Waals surface area contributed by atoms with Crippen molar-refractivity contribution in [2.75, 3.05) is 19.7 Å². The van der Waals surface area contributed by atoms with Gasteiger partial charge in [-0.25, -0.2) is 0 Å². The Morgan fingerprint density at radius 3 is 3.09 bits per heavy atom. The van der Waals surface area contributed by atoms with Gasteiger partial charge in [-0.05, 0) is 25.3 Å². The summed E-state index contributed by atoms with van der Waals surface area (Å²) in [7, 11) is 0. The van der Waals surface area contributed by atoms with Gasteiger partial charge >= 0.3 is 0 Å². The highest BCUT2D eigenvalue weighted by atomic mass is 16.3. The van der Waals surface area contributed by atoms with Gasteiger partial charge < -0.3 is 10.4 Å². The van der Waals surface area contributed by atoms with Gasteiger partial charge in [-0.3, -0.25) is 0 Å². The molecule has 0 radical (unpaired) electrons. The molecule has 2 rings (SSSR count). The van der Waals surface area contributed by atoms with Crippen molar-refractivity contribution >= 4 is 0 Å². The summed E-state index contributed by atoms with van der Waals surface area (Å²) in [5, 5.41) is 12.7. The molecular formula is C9H17NO. The predicted molar refractivity (Wildman–Crippen MR) is 44.3 cm³/mol. The van der Waals surface area contributed by atoms with Crippen molar-refractivity contribution in [2.45, 2.75) is 25.7 Å². The lowest BCUT2D eigenvalue weighted by molar-refractivity contribution is 0.0621. The first-order chi connectivity index (χ1) is 5.37. The Hall–Kier alpha value is -0.0800. The summed E-state index contributed by atoms with van der Waals surface area (Å²) < 4.78 is 0. The Balaban J connectivity index is 2.12. The quantitative estimate of drug-likeness (QED) is 0.586. The van der Waals surface area contributed by atoms with Gasteiger partial charge in [0.2, 0.25) is 0 Å². The first kappa shape index (κ1) is 7.56. The van der Waals surface area contributed by atoms with Crippen molar-refractivity contribution in [1.82, 2.24) is 5.32 Å². The van der Waals surface area contributed by atoms with Crippen molar-refractivity contribution in [3.8, 4) is 0 Å². The topological polar surface area (TPSA) is 32.3 Å². The van der Waals surface area contributed by atoms with Crippen LogP contribution in [0.1, 0.15) is 25.7 Å². The van der Waals surface area contributed by atoms with Crippen LogP contribution in [0, 0.1) is 11.3 Å². The lowest BCUT2D eigenvalue weighted by atomic mass is 9.69. The molecule has 1 aliphatic heterocycles. The maximum atomic E-state index is 9.31. The van der Waals surface area contributed by atoms with Crippen LogP contribution >= 0.6 is 0 Å². The third-order valence-electron chi connectivity index (χ3n) is 3.53. The fraction of sp³-hybridized carbons (Fsp3) is 1.00. The van der Waals surface area contributed by atoms with E-state index in [4.69, 9.17) is 0 Å². The number of nitrogens with one attached hydrogen (secondary N) is 1. The molecule has 1 saturated carbocycles. The molecule has 2 heteroatoms. The van der Waals surface area contributed by atoms with E-state index in [9.17, 15) is 5.11 Å². The molecule has 2 fully saturated rings. The minimum atomic E-state index is 0.276. The minimum absolute atomic E-state index is 0.276. The Kier molecular flexibility index (Phi) is 1.90. The van der Waals surface area contributed by atoms with Crippen molar-refractivity contribution in [2.24, 2.45) is 11.3 Å². The molecule has 11 heavy (non-hydrogen) atoms. The normalized spacial score (nSPS) is 43.9. The zero-order valence-electron chi connectivity index (χ0n) is 6.97. The van der Waals surface area contributed by atoms with Crippen LogP contribution in [0.5, 0.6) is 0 Å². The summed E-state index contributed by atoms with van der Waals surface area (Å²) >= 11 is 0. The summed E-state index contributed by atoms with van der Waals surface area (Å²) in [4.78, 5) is 0. The number of aliphatic hydroxyl groups excluding tert-OH is 1. The molecule has 1 heterocycles. The van der Waals surface area contributed by atoms with Gasteiger partial charge in [-0.2, -0.15) is 0 Å². The zero-order chi connectivity index (χ0) is 7.73. The summed E-state index contributed by atoms with van der Waals surface area (Å²) in [6.07, 6.45) is 5.25. The first-order valence-electron chi connectivity index (χ1n) is 4.69. The maximum absolute atomic E-state index is 9.31. The molecular weight excluding hydrogens is 138 g/mol. The molecule has 2 N–H and O–H groups in total. The second-order valence-corrected chi connectivity index (χ2v) is 4.09. The molecule has 0 unspecified atom stereocenters. The number of fused-ring (bicyclic) bond motifs is 1. The number of aliphatic hydroxyl groups is 1. The number of hydrogen-bond donors (Lipinski definition) is 2. The fourth-order valence-corrected chi connectivity index (χ4v) is 2.69. The van der Waals surface area contributed by atoms with E-state index in [1.54, 1.807) is 0 Å². The molecule has 0 amide bonds. The minimum Gasteiger partial charge on any atom is -0.396 e. The van der Waals surface area contributed by atoms with Gasteiger partial charge in [0.25, 0.3) is 0 Å². The average Bonchev–Trinajstić information content (AvgIpc) is 2.48. The second-order valence-electron chi connectivity index (χ2n) is 4.09. The molecule has 0 bridgehead atoms. The summed E-state index contributed by atoms with van der Waals surface area (Å²) in [5.74, 6) is 0.765. The van der Waals surface area contributed by atoms with Crippen molar-refractivity contribution < 1.29 is 5.11 Å². The van der Waals surface area contributed by atoms with Crippen LogP contribution in [-0.2, 0) is 0 Å². The highest BCUT2D eigenvalue weighted by Crippen LogP contribution is 2.42. The molecule has 2 nitrogen and oxygen atoms in total. The molecule has 1 saturated heterocycles. The van der Waals surface area contributed by atoms with Crippen LogP contribution < -0.4 is 5.32 Å². The zero-order valence-corrected chi connectivity index (χ0v) is 6.97. The van der Waals surface area contributed by atoms with Gasteiger partial charge in [0, 0.05) is 12.0 Å². The van der Waals surface area contributed by atoms with E-state index in [1.807, 2.05) is 0 Å². The predicted octanol–water partition coefficient (Wildman–Crippen LogP) is 0.758. The SMILES string of the molecule is OC[C@@]12CCCC[C@H]1CNC2. The maximum Gasteiger partial charge on any atom is 0.0502 e. The van der Waals surface area contributed by atoms with Gasteiger partial charge in [-0.15, -0.1) is 0 Å². The van der Waals surface area contributed by atoms with E-state index < -0.39 is 0 Å². The van der Waals surface area contributed by atoms with Crippen LogP contribution in [0.2, 0.25) is 0 Å². The largest absolute Gasteiger partial charge is 0.396 e. The smallest absolute Gasteiger partial charge is 0.0502 e. The second kappa shape index (κ2) is 2.76. The van der Waals surface area contributed by atoms with E-state index in [1.165, 1.54) is 25.7 Å². The highest BCUT2D eigenvalue weighted by molar-refractivity contribution is 4.96. The molecule has 1 aliphatic carbocycles. The van der Waals surface area contributed by atoms with E-state index in [2.05, 4.69) is 5.32 Å². The van der Waals surface area contributed by atoms with Crippen molar-refractivity contribution in [3.05, 3.63) is 0 Å². The number of rotatable bonds is 1. The van der Waals surface area contributed by atoms with Crippen molar-refractivity contribution in [1.29, 1.82) is 0 Å². The molecule has 2 atom stereocenters. The van der Waals surface area contributed by atoms with Gasteiger partial charge in [0.1, 0.15) is 0 Å². The average molecular weight is 155 g/mol. The Morgan fingerprint density at radius 2 is 2.36 bits per heavy atom. The van der Waals surface area contributed by atoms with Gasteiger partial charge in [0.15, 0.2) is 0 Å². The van der Waals surface area contributed by atoms with E-state index in [0.29, 0.717) is 6.61 Å².